The van der Waals surface area contributed by atoms with E-state index >= 15 is 0 Å². The number of phenolic OH excluding ortho intramolecular Hbond substituents is 1. The molecular weight excluding hydrogens is 316 g/mol. The van der Waals surface area contributed by atoms with Gasteiger partial charge in [-0.25, -0.2) is 9.97 Å². The molecule has 2 aromatic heterocycles. The quantitative estimate of drug-likeness (QED) is 0.524. The fourth-order valence-corrected chi connectivity index (χ4v) is 2.67. The van der Waals surface area contributed by atoms with Gasteiger partial charge in [-0.15, -0.1) is 0 Å². The Morgan fingerprint density at radius 2 is 1.88 bits per heavy atom. The molecule has 25 heavy (non-hydrogen) atoms. The highest BCUT2D eigenvalue weighted by molar-refractivity contribution is 5.93. The topological polar surface area (TPSA) is 83.1 Å². The first-order valence-corrected chi connectivity index (χ1v) is 7.77. The van der Waals surface area contributed by atoms with Gasteiger partial charge in [-0.1, -0.05) is 6.07 Å². The average molecular weight is 332 g/mol. The number of nitrogens with zero attached hydrogens (tertiary/aromatic N) is 2. The second kappa shape index (κ2) is 6.16. The Hall–Kier alpha value is -3.54. The number of aromatic nitrogens is 3. The van der Waals surface area contributed by atoms with Crippen LogP contribution in [0.3, 0.4) is 0 Å². The van der Waals surface area contributed by atoms with Crippen LogP contribution < -0.4 is 10.1 Å². The number of H-pyrrole nitrogens is 1. The second-order valence-electron chi connectivity index (χ2n) is 5.57. The molecule has 0 aliphatic carbocycles. The summed E-state index contributed by atoms with van der Waals surface area (Å²) < 4.78 is 5.25. The Morgan fingerprint density at radius 3 is 2.68 bits per heavy atom. The van der Waals surface area contributed by atoms with Gasteiger partial charge in [0.2, 0.25) is 0 Å². The maximum absolute atomic E-state index is 9.44. The molecule has 0 aliphatic heterocycles. The van der Waals surface area contributed by atoms with Gasteiger partial charge >= 0.3 is 0 Å². The number of fused-ring (bicyclic) bond motifs is 1. The summed E-state index contributed by atoms with van der Waals surface area (Å²) in [6.07, 6.45) is 1.52. The van der Waals surface area contributed by atoms with Crippen LogP contribution in [0, 0.1) is 0 Å². The second-order valence-corrected chi connectivity index (χ2v) is 5.57. The van der Waals surface area contributed by atoms with E-state index in [-0.39, 0.29) is 5.75 Å². The molecule has 3 N–H and O–H groups in total. The van der Waals surface area contributed by atoms with Gasteiger partial charge in [0, 0.05) is 17.4 Å². The lowest BCUT2D eigenvalue weighted by molar-refractivity contribution is 0.415. The van der Waals surface area contributed by atoms with Crippen molar-refractivity contribution in [1.29, 1.82) is 0 Å². The van der Waals surface area contributed by atoms with Crippen molar-refractivity contribution in [1.82, 2.24) is 15.0 Å². The summed E-state index contributed by atoms with van der Waals surface area (Å²) in [5, 5.41) is 13.6. The predicted molar refractivity (Wildman–Crippen MR) is 97.3 cm³/mol. The van der Waals surface area contributed by atoms with Crippen molar-refractivity contribution < 1.29 is 9.84 Å². The number of hydrogen-bond acceptors (Lipinski definition) is 5. The summed E-state index contributed by atoms with van der Waals surface area (Å²) in [7, 11) is 1.64. The van der Waals surface area contributed by atoms with Crippen LogP contribution in [-0.2, 0) is 0 Å². The third-order valence-electron chi connectivity index (χ3n) is 3.94. The summed E-state index contributed by atoms with van der Waals surface area (Å²) >= 11 is 0. The molecule has 2 aromatic carbocycles. The van der Waals surface area contributed by atoms with Gasteiger partial charge in [-0.05, 0) is 48.0 Å². The van der Waals surface area contributed by atoms with E-state index < -0.39 is 0 Å². The Labute approximate surface area is 144 Å². The molecule has 0 saturated heterocycles. The number of aromatic amines is 1. The molecule has 4 rings (SSSR count). The highest BCUT2D eigenvalue weighted by atomic mass is 16.5. The molecule has 0 aliphatic rings. The third kappa shape index (κ3) is 2.97. The van der Waals surface area contributed by atoms with Crippen LogP contribution in [0.4, 0.5) is 11.5 Å². The van der Waals surface area contributed by atoms with Crippen molar-refractivity contribution in [2.75, 3.05) is 12.4 Å². The highest BCUT2D eigenvalue weighted by Gasteiger charge is 2.10. The zero-order chi connectivity index (χ0) is 17.2. The normalized spacial score (nSPS) is 10.8. The average Bonchev–Trinajstić information content (AvgIpc) is 3.08. The first-order chi connectivity index (χ1) is 12.2. The summed E-state index contributed by atoms with van der Waals surface area (Å²) in [6.45, 7) is 0. The molecule has 0 atom stereocenters. The Kier molecular flexibility index (Phi) is 3.70. The lowest BCUT2D eigenvalue weighted by Gasteiger charge is -2.07. The highest BCUT2D eigenvalue weighted by Crippen LogP contribution is 2.29. The van der Waals surface area contributed by atoms with Crippen molar-refractivity contribution in [2.24, 2.45) is 0 Å². The number of ether oxygens (including phenoxy) is 1. The fraction of sp³-hybridized carbons (Fsp3) is 0.0526. The third-order valence-corrected chi connectivity index (χ3v) is 3.94. The number of aromatic hydroxyl groups is 1. The minimum absolute atomic E-state index is 0.236. The van der Waals surface area contributed by atoms with Gasteiger partial charge in [-0.3, -0.25) is 0 Å². The summed E-state index contributed by atoms with van der Waals surface area (Å²) in [5.74, 6) is 1.72. The van der Waals surface area contributed by atoms with Crippen molar-refractivity contribution in [3.05, 3.63) is 60.9 Å². The van der Waals surface area contributed by atoms with Gasteiger partial charge in [0.05, 0.1) is 12.5 Å². The molecule has 0 spiro atoms. The van der Waals surface area contributed by atoms with Crippen molar-refractivity contribution in [3.63, 3.8) is 0 Å². The number of rotatable bonds is 4. The van der Waals surface area contributed by atoms with Gasteiger partial charge < -0.3 is 20.1 Å². The molecular formula is C19H16N4O2. The number of methoxy groups -OCH3 is 1. The molecule has 6 nitrogen and oxygen atoms in total. The summed E-state index contributed by atoms with van der Waals surface area (Å²) in [5.41, 5.74) is 3.49. The van der Waals surface area contributed by atoms with Crippen molar-refractivity contribution in [2.45, 2.75) is 0 Å². The van der Waals surface area contributed by atoms with Crippen LogP contribution in [0.25, 0.3) is 22.3 Å². The molecule has 0 radical (unpaired) electrons. The van der Waals surface area contributed by atoms with Crippen LogP contribution in [0.2, 0.25) is 0 Å². The van der Waals surface area contributed by atoms with Gasteiger partial charge in [0.15, 0.2) is 0 Å². The predicted octanol–water partition coefficient (Wildman–Crippen LogP) is 4.08. The van der Waals surface area contributed by atoms with Crippen LogP contribution >= 0.6 is 0 Å². The number of nitrogens with one attached hydrogen (secondary N) is 2. The van der Waals surface area contributed by atoms with E-state index in [4.69, 9.17) is 4.74 Å². The molecule has 0 unspecified atom stereocenters. The lowest BCUT2D eigenvalue weighted by atomic mass is 10.1. The standard InChI is InChI=1S/C19H16N4O2/c1-25-15-4-2-3-13(9-15)22-18-16-10-17(23-19(16)21-11-20-18)12-5-7-14(24)8-6-12/h2-11,24H,1H3,(H2,20,21,22,23). The maximum atomic E-state index is 9.44. The molecule has 2 heterocycles. The zero-order valence-electron chi connectivity index (χ0n) is 13.5. The van der Waals surface area contributed by atoms with Crippen molar-refractivity contribution >= 4 is 22.5 Å². The smallest absolute Gasteiger partial charge is 0.143 e. The van der Waals surface area contributed by atoms with E-state index in [1.54, 1.807) is 19.2 Å². The number of anilines is 2. The maximum Gasteiger partial charge on any atom is 0.143 e. The van der Waals surface area contributed by atoms with E-state index in [1.165, 1.54) is 6.33 Å². The summed E-state index contributed by atoms with van der Waals surface area (Å²) in [4.78, 5) is 11.9. The molecule has 4 aromatic rings. The first kappa shape index (κ1) is 15.0. The fourth-order valence-electron chi connectivity index (χ4n) is 2.67. The van der Waals surface area contributed by atoms with Crippen LogP contribution in [-0.4, -0.2) is 27.2 Å². The Bertz CT molecular complexity index is 1030. The van der Waals surface area contributed by atoms with E-state index in [2.05, 4.69) is 20.3 Å². The largest absolute Gasteiger partial charge is 0.508 e. The van der Waals surface area contributed by atoms with Gasteiger partial charge in [-0.2, -0.15) is 0 Å². The molecule has 0 bridgehead atoms. The molecule has 0 saturated carbocycles. The van der Waals surface area contributed by atoms with Crippen molar-refractivity contribution in [3.8, 4) is 22.8 Å². The van der Waals surface area contributed by atoms with E-state index in [0.717, 1.165) is 33.7 Å². The lowest BCUT2D eigenvalue weighted by Crippen LogP contribution is -1.95. The Morgan fingerprint density at radius 1 is 1.04 bits per heavy atom. The molecule has 0 amide bonds. The van der Waals surface area contributed by atoms with Crippen LogP contribution in [0.5, 0.6) is 11.5 Å². The Balaban J connectivity index is 1.73. The molecule has 0 fully saturated rings. The van der Waals surface area contributed by atoms with Gasteiger partial charge in [0.25, 0.3) is 0 Å². The zero-order valence-corrected chi connectivity index (χ0v) is 13.5. The first-order valence-electron chi connectivity index (χ1n) is 7.77. The number of benzene rings is 2. The van der Waals surface area contributed by atoms with Crippen LogP contribution in [0.15, 0.2) is 60.9 Å². The van der Waals surface area contributed by atoms with Gasteiger partial charge in [0.1, 0.15) is 29.3 Å². The molecule has 124 valence electrons. The monoisotopic (exact) mass is 332 g/mol. The van der Waals surface area contributed by atoms with E-state index in [9.17, 15) is 5.11 Å². The van der Waals surface area contributed by atoms with E-state index in [0.29, 0.717) is 5.82 Å². The SMILES string of the molecule is COc1cccc(Nc2ncnc3[nH]c(-c4ccc(O)cc4)cc23)c1. The number of phenols is 1. The van der Waals surface area contributed by atoms with E-state index in [1.807, 2.05) is 42.5 Å². The minimum Gasteiger partial charge on any atom is -0.508 e. The minimum atomic E-state index is 0.236. The molecule has 6 heteroatoms. The van der Waals surface area contributed by atoms with Crippen LogP contribution in [0.1, 0.15) is 0 Å². The summed E-state index contributed by atoms with van der Waals surface area (Å²) in [6, 6.07) is 16.7. The number of hydrogen-bond donors (Lipinski definition) is 3.